The number of hydrogen-bond donors (Lipinski definition) is 3. The molecule has 0 aliphatic carbocycles. The zero-order valence-electron chi connectivity index (χ0n) is 17.6. The van der Waals surface area contributed by atoms with E-state index in [1.807, 2.05) is 0 Å². The number of likely N-dealkylation sites (tertiary alicyclic amines) is 1. The predicted octanol–water partition coefficient (Wildman–Crippen LogP) is 0.827. The Morgan fingerprint density at radius 3 is 2.74 bits per heavy atom. The van der Waals surface area contributed by atoms with E-state index in [9.17, 15) is 4.79 Å². The van der Waals surface area contributed by atoms with Crippen LogP contribution in [0.3, 0.4) is 0 Å². The number of ether oxygens (including phenoxy) is 2. The lowest BCUT2D eigenvalue weighted by molar-refractivity contribution is 0.00762. The van der Waals surface area contributed by atoms with Gasteiger partial charge in [-0.1, -0.05) is 11.6 Å². The molecule has 1 aliphatic heterocycles. The molecule has 1 aromatic heterocycles. The molecule has 1 aromatic carbocycles. The SMILES string of the molecule is COc1cc(N)c(Cl)cc1C(=O)N[C@H]1CCN(CCNc2ncccn2)C[C@H]1OC.O. The van der Waals surface area contributed by atoms with Gasteiger partial charge < -0.3 is 31.3 Å². The number of halogens is 1. The maximum atomic E-state index is 12.8. The van der Waals surface area contributed by atoms with Crippen LogP contribution in [0.2, 0.25) is 5.02 Å². The molecule has 2 aromatic rings. The highest BCUT2D eigenvalue weighted by molar-refractivity contribution is 6.33. The molecule has 0 bridgehead atoms. The molecule has 3 rings (SSSR count). The number of benzene rings is 1. The van der Waals surface area contributed by atoms with Crippen LogP contribution in [0.15, 0.2) is 30.6 Å². The van der Waals surface area contributed by atoms with Gasteiger partial charge in [0, 0.05) is 51.7 Å². The number of aromatic nitrogens is 2. The molecule has 11 heteroatoms. The minimum atomic E-state index is -0.267. The first-order valence-electron chi connectivity index (χ1n) is 9.71. The van der Waals surface area contributed by atoms with Crippen molar-refractivity contribution in [3.63, 3.8) is 0 Å². The second-order valence-electron chi connectivity index (χ2n) is 7.02. The van der Waals surface area contributed by atoms with E-state index in [4.69, 9.17) is 26.8 Å². The number of nitrogens with two attached hydrogens (primary N) is 1. The van der Waals surface area contributed by atoms with Crippen molar-refractivity contribution in [2.24, 2.45) is 0 Å². The van der Waals surface area contributed by atoms with Crippen molar-refractivity contribution in [1.29, 1.82) is 0 Å². The van der Waals surface area contributed by atoms with Gasteiger partial charge in [-0.15, -0.1) is 0 Å². The number of methoxy groups -OCH3 is 2. The zero-order chi connectivity index (χ0) is 21.5. The summed E-state index contributed by atoms with van der Waals surface area (Å²) in [5.74, 6) is 0.728. The topological polar surface area (TPSA) is 146 Å². The second-order valence-corrected chi connectivity index (χ2v) is 7.42. The number of nitrogens with one attached hydrogen (secondary N) is 2. The first-order valence-corrected chi connectivity index (χ1v) is 10.1. The third-order valence-electron chi connectivity index (χ3n) is 5.10. The van der Waals surface area contributed by atoms with Crippen LogP contribution in [-0.4, -0.2) is 78.8 Å². The number of nitrogen functional groups attached to an aromatic ring is 1. The van der Waals surface area contributed by atoms with Crippen molar-refractivity contribution in [1.82, 2.24) is 20.2 Å². The lowest BCUT2D eigenvalue weighted by atomic mass is 10.0. The average molecular weight is 453 g/mol. The fourth-order valence-corrected chi connectivity index (χ4v) is 3.63. The maximum absolute atomic E-state index is 12.8. The number of amides is 1. The summed E-state index contributed by atoms with van der Waals surface area (Å²) < 4.78 is 10.9. The van der Waals surface area contributed by atoms with E-state index in [1.54, 1.807) is 31.6 Å². The summed E-state index contributed by atoms with van der Waals surface area (Å²) in [4.78, 5) is 23.4. The number of carbonyl (C=O) groups is 1. The van der Waals surface area contributed by atoms with Crippen LogP contribution in [0.25, 0.3) is 0 Å². The Hall–Kier alpha value is -2.66. The van der Waals surface area contributed by atoms with Gasteiger partial charge in [0.25, 0.3) is 5.91 Å². The van der Waals surface area contributed by atoms with Gasteiger partial charge in [-0.2, -0.15) is 0 Å². The molecule has 2 atom stereocenters. The van der Waals surface area contributed by atoms with E-state index in [-0.39, 0.29) is 23.5 Å². The Balaban J connectivity index is 0.00000341. The van der Waals surface area contributed by atoms with E-state index in [2.05, 4.69) is 25.5 Å². The summed E-state index contributed by atoms with van der Waals surface area (Å²) in [6.45, 7) is 3.08. The molecule has 1 aliphatic rings. The molecule has 1 amide bonds. The highest BCUT2D eigenvalue weighted by atomic mass is 35.5. The van der Waals surface area contributed by atoms with Crippen LogP contribution in [0, 0.1) is 0 Å². The van der Waals surface area contributed by atoms with Crippen molar-refractivity contribution < 1.29 is 19.7 Å². The molecule has 0 saturated carbocycles. The molecular formula is C20H29ClN6O4. The summed E-state index contributed by atoms with van der Waals surface area (Å²) in [6.07, 6.45) is 4.03. The monoisotopic (exact) mass is 452 g/mol. The van der Waals surface area contributed by atoms with Crippen molar-refractivity contribution in [2.75, 3.05) is 51.4 Å². The molecular weight excluding hydrogens is 424 g/mol. The van der Waals surface area contributed by atoms with E-state index in [1.165, 1.54) is 13.2 Å². The normalized spacial score (nSPS) is 18.7. The molecule has 1 saturated heterocycles. The number of hydrogen-bond acceptors (Lipinski definition) is 8. The van der Waals surface area contributed by atoms with Gasteiger partial charge in [0.1, 0.15) is 5.75 Å². The molecule has 170 valence electrons. The van der Waals surface area contributed by atoms with Crippen molar-refractivity contribution in [3.8, 4) is 5.75 Å². The Bertz CT molecular complexity index is 857. The minimum Gasteiger partial charge on any atom is -0.496 e. The largest absolute Gasteiger partial charge is 0.496 e. The highest BCUT2D eigenvalue weighted by Gasteiger charge is 2.31. The van der Waals surface area contributed by atoms with Crippen molar-refractivity contribution in [3.05, 3.63) is 41.2 Å². The molecule has 10 nitrogen and oxygen atoms in total. The first-order chi connectivity index (χ1) is 14.5. The molecule has 2 heterocycles. The number of carbonyl (C=O) groups excluding carboxylic acids is 1. The molecule has 1 fully saturated rings. The smallest absolute Gasteiger partial charge is 0.255 e. The fraction of sp³-hybridized carbons (Fsp3) is 0.450. The number of anilines is 2. The quantitative estimate of drug-likeness (QED) is 0.499. The van der Waals surface area contributed by atoms with Gasteiger partial charge in [-0.25, -0.2) is 9.97 Å². The fourth-order valence-electron chi connectivity index (χ4n) is 3.47. The van der Waals surface area contributed by atoms with Gasteiger partial charge in [0.05, 0.1) is 35.5 Å². The molecule has 0 unspecified atom stereocenters. The Morgan fingerprint density at radius 1 is 1.32 bits per heavy atom. The standard InChI is InChI=1S/C20H27ClN6O3.H2O/c1-29-17-11-15(22)14(21)10-13(17)19(28)26-16-4-8-27(12-18(16)30-2)9-7-25-20-23-5-3-6-24-20;/h3,5-6,10-11,16,18H,4,7-9,12,22H2,1-2H3,(H,26,28)(H,23,24,25);1H2/t16-,18+;/m0./s1. The van der Waals surface area contributed by atoms with Gasteiger partial charge >= 0.3 is 0 Å². The second kappa shape index (κ2) is 11.7. The summed E-state index contributed by atoms with van der Waals surface area (Å²) in [5.41, 5.74) is 6.52. The van der Waals surface area contributed by atoms with Gasteiger partial charge in [-0.3, -0.25) is 9.69 Å². The Kier molecular flexibility index (Phi) is 9.25. The van der Waals surface area contributed by atoms with Crippen LogP contribution in [-0.2, 0) is 4.74 Å². The number of piperidine rings is 1. The summed E-state index contributed by atoms with van der Waals surface area (Å²) in [5, 5.41) is 6.57. The third kappa shape index (κ3) is 6.41. The van der Waals surface area contributed by atoms with Crippen LogP contribution < -0.4 is 21.1 Å². The summed E-state index contributed by atoms with van der Waals surface area (Å²) >= 11 is 6.09. The number of rotatable bonds is 8. The summed E-state index contributed by atoms with van der Waals surface area (Å²) in [7, 11) is 3.15. The first kappa shape index (κ1) is 24.6. The molecule has 6 N–H and O–H groups in total. The van der Waals surface area contributed by atoms with Crippen LogP contribution >= 0.6 is 11.6 Å². The lowest BCUT2D eigenvalue weighted by Gasteiger charge is -2.38. The van der Waals surface area contributed by atoms with E-state index < -0.39 is 0 Å². The van der Waals surface area contributed by atoms with Gasteiger partial charge in [0.15, 0.2) is 0 Å². The molecule has 0 radical (unpaired) electrons. The minimum absolute atomic E-state index is 0. The van der Waals surface area contributed by atoms with Gasteiger partial charge in [-0.05, 0) is 18.6 Å². The molecule has 0 spiro atoms. The predicted molar refractivity (Wildman–Crippen MR) is 120 cm³/mol. The highest BCUT2D eigenvalue weighted by Crippen LogP contribution is 2.29. The Labute approximate surface area is 186 Å². The maximum Gasteiger partial charge on any atom is 0.255 e. The average Bonchev–Trinajstić information content (AvgIpc) is 2.76. The van der Waals surface area contributed by atoms with Gasteiger partial charge in [0.2, 0.25) is 5.95 Å². The van der Waals surface area contributed by atoms with Crippen LogP contribution in [0.1, 0.15) is 16.8 Å². The molecule has 31 heavy (non-hydrogen) atoms. The van der Waals surface area contributed by atoms with E-state index >= 15 is 0 Å². The van der Waals surface area contributed by atoms with E-state index in [0.29, 0.717) is 34.5 Å². The lowest BCUT2D eigenvalue weighted by Crippen LogP contribution is -2.55. The van der Waals surface area contributed by atoms with E-state index in [0.717, 1.165) is 26.1 Å². The van der Waals surface area contributed by atoms with Crippen molar-refractivity contribution in [2.45, 2.75) is 18.6 Å². The third-order valence-corrected chi connectivity index (χ3v) is 5.43. The number of nitrogens with zero attached hydrogens (tertiary/aromatic N) is 3. The van der Waals surface area contributed by atoms with Crippen LogP contribution in [0.5, 0.6) is 5.75 Å². The Morgan fingerprint density at radius 2 is 2.06 bits per heavy atom. The van der Waals surface area contributed by atoms with Crippen molar-refractivity contribution >= 4 is 29.1 Å². The summed E-state index contributed by atoms with van der Waals surface area (Å²) in [6, 6.07) is 4.74. The zero-order valence-corrected chi connectivity index (χ0v) is 18.4. The van der Waals surface area contributed by atoms with Crippen LogP contribution in [0.4, 0.5) is 11.6 Å².